The van der Waals surface area contributed by atoms with Crippen LogP contribution in [0.15, 0.2) is 36.4 Å². The second-order valence-corrected chi connectivity index (χ2v) is 10.1. The third kappa shape index (κ3) is 7.77. The number of halogens is 1. The van der Waals surface area contributed by atoms with Crippen LogP contribution in [0, 0.1) is 23.1 Å². The molecule has 0 bridgehead atoms. The number of hydrogen-bond acceptors (Lipinski definition) is 5. The van der Waals surface area contributed by atoms with Crippen LogP contribution >= 0.6 is 0 Å². The van der Waals surface area contributed by atoms with Crippen molar-refractivity contribution >= 4 is 23.3 Å². The van der Waals surface area contributed by atoms with E-state index in [1.807, 2.05) is 18.2 Å². The zero-order valence-corrected chi connectivity index (χ0v) is 21.8. The Bertz CT molecular complexity index is 1140. The Balaban J connectivity index is 1.95. The van der Waals surface area contributed by atoms with Crippen LogP contribution in [0.3, 0.4) is 0 Å². The van der Waals surface area contributed by atoms with E-state index in [0.29, 0.717) is 23.2 Å². The number of nitriles is 1. The van der Waals surface area contributed by atoms with E-state index in [2.05, 4.69) is 24.1 Å². The zero-order chi connectivity index (χ0) is 26.9. The van der Waals surface area contributed by atoms with Gasteiger partial charge in [-0.2, -0.15) is 5.26 Å². The first-order valence-corrected chi connectivity index (χ1v) is 12.8. The normalized spacial score (nSPS) is 14.7. The minimum Gasteiger partial charge on any atom is -0.479 e. The summed E-state index contributed by atoms with van der Waals surface area (Å²) in [6.07, 6.45) is 4.63. The van der Waals surface area contributed by atoms with Crippen molar-refractivity contribution in [3.8, 4) is 6.07 Å². The van der Waals surface area contributed by atoms with Crippen molar-refractivity contribution in [3.63, 3.8) is 0 Å². The molecule has 1 unspecified atom stereocenters. The first-order valence-electron chi connectivity index (χ1n) is 12.8. The van der Waals surface area contributed by atoms with Gasteiger partial charge in [0.15, 0.2) is 6.10 Å². The Morgan fingerprint density at radius 2 is 1.92 bits per heavy atom. The summed E-state index contributed by atoms with van der Waals surface area (Å²) < 4.78 is 19.6. The lowest BCUT2D eigenvalue weighted by Crippen LogP contribution is -2.40. The molecule has 2 aromatic carbocycles. The molecule has 0 heterocycles. The minimum atomic E-state index is -1.06. The maximum Gasteiger partial charge on any atom is 0.333 e. The molecule has 1 aliphatic rings. The number of amides is 1. The SMILES string of the molecule is COC(Cc1ccc(N(CC(C)C)C2CCCCC2)c(NC(=O)Cc2ccc(C#N)cc2F)c1)C(=O)O. The van der Waals surface area contributed by atoms with Gasteiger partial charge in [0.05, 0.1) is 29.4 Å². The number of methoxy groups -OCH3 is 1. The number of anilines is 2. The molecular weight excluding hydrogens is 473 g/mol. The predicted octanol–water partition coefficient (Wildman–Crippen LogP) is 5.32. The van der Waals surface area contributed by atoms with Crippen LogP contribution in [0.5, 0.6) is 0 Å². The van der Waals surface area contributed by atoms with Gasteiger partial charge < -0.3 is 20.1 Å². The van der Waals surface area contributed by atoms with Crippen LogP contribution in [0.25, 0.3) is 0 Å². The molecule has 0 aromatic heterocycles. The van der Waals surface area contributed by atoms with Gasteiger partial charge in [0.1, 0.15) is 5.82 Å². The van der Waals surface area contributed by atoms with Gasteiger partial charge in [-0.05, 0) is 54.2 Å². The minimum absolute atomic E-state index is 0.146. The predicted molar refractivity (Wildman–Crippen MR) is 141 cm³/mol. The van der Waals surface area contributed by atoms with E-state index in [-0.39, 0.29) is 24.0 Å². The van der Waals surface area contributed by atoms with Crippen molar-refractivity contribution in [3.05, 3.63) is 58.9 Å². The summed E-state index contributed by atoms with van der Waals surface area (Å²) in [7, 11) is 1.36. The quantitative estimate of drug-likeness (QED) is 0.425. The molecular formula is C29H36FN3O4. The summed E-state index contributed by atoms with van der Waals surface area (Å²) in [5.74, 6) is -1.66. The number of carbonyl (C=O) groups is 2. The highest BCUT2D eigenvalue weighted by Gasteiger charge is 2.26. The number of carboxylic acids is 1. The molecule has 1 atom stereocenters. The van der Waals surface area contributed by atoms with E-state index in [9.17, 15) is 19.1 Å². The molecule has 1 amide bonds. The summed E-state index contributed by atoms with van der Waals surface area (Å²) in [6.45, 7) is 5.13. The molecule has 1 aliphatic carbocycles. The largest absolute Gasteiger partial charge is 0.479 e. The fourth-order valence-electron chi connectivity index (χ4n) is 4.90. The van der Waals surface area contributed by atoms with Crippen LogP contribution in [0.4, 0.5) is 15.8 Å². The third-order valence-electron chi connectivity index (χ3n) is 6.74. The van der Waals surface area contributed by atoms with Crippen LogP contribution in [0.1, 0.15) is 62.6 Å². The maximum atomic E-state index is 14.4. The molecule has 198 valence electrons. The van der Waals surface area contributed by atoms with Gasteiger partial charge in [-0.3, -0.25) is 4.79 Å². The van der Waals surface area contributed by atoms with Gasteiger partial charge in [0.25, 0.3) is 0 Å². The number of nitrogens with one attached hydrogen (secondary N) is 1. The molecule has 0 radical (unpaired) electrons. The number of nitrogens with zero attached hydrogens (tertiary/aromatic N) is 2. The van der Waals surface area contributed by atoms with Gasteiger partial charge in [-0.1, -0.05) is 45.2 Å². The topological polar surface area (TPSA) is 103 Å². The summed E-state index contributed by atoms with van der Waals surface area (Å²) >= 11 is 0. The van der Waals surface area contributed by atoms with Crippen molar-refractivity contribution in [1.29, 1.82) is 5.26 Å². The Morgan fingerprint density at radius 3 is 2.51 bits per heavy atom. The average Bonchev–Trinajstić information content (AvgIpc) is 2.87. The van der Waals surface area contributed by atoms with Crippen LogP contribution < -0.4 is 10.2 Å². The van der Waals surface area contributed by atoms with Crippen molar-refractivity contribution < 1.29 is 23.8 Å². The average molecular weight is 510 g/mol. The highest BCUT2D eigenvalue weighted by Crippen LogP contribution is 2.34. The van der Waals surface area contributed by atoms with E-state index in [4.69, 9.17) is 10.00 Å². The van der Waals surface area contributed by atoms with Crippen LogP contribution in [-0.2, 0) is 27.2 Å². The monoisotopic (exact) mass is 509 g/mol. The summed E-state index contributed by atoms with van der Waals surface area (Å²) in [4.78, 5) is 27.0. The summed E-state index contributed by atoms with van der Waals surface area (Å²) in [6, 6.07) is 11.9. The van der Waals surface area contributed by atoms with Crippen molar-refractivity contribution in [1.82, 2.24) is 0 Å². The van der Waals surface area contributed by atoms with Gasteiger partial charge in [0.2, 0.25) is 5.91 Å². The highest BCUT2D eigenvalue weighted by molar-refractivity contribution is 5.96. The van der Waals surface area contributed by atoms with Crippen molar-refractivity contribution in [2.75, 3.05) is 23.9 Å². The standard InChI is InChI=1S/C29H36FN3O4/c1-19(2)18-33(23-7-5-4-6-8-23)26-12-10-20(15-27(37-3)29(35)36)14-25(26)32-28(34)16-22-11-9-21(17-31)13-24(22)30/h9-14,19,23,27H,4-8,15-16,18H2,1-3H3,(H,32,34)(H,35,36). The lowest BCUT2D eigenvalue weighted by molar-refractivity contribution is -0.148. The van der Waals surface area contributed by atoms with Gasteiger partial charge >= 0.3 is 5.97 Å². The lowest BCUT2D eigenvalue weighted by Gasteiger charge is -2.38. The molecule has 1 saturated carbocycles. The number of hydrogen-bond donors (Lipinski definition) is 2. The first-order chi connectivity index (χ1) is 17.7. The molecule has 3 rings (SSSR count). The Labute approximate surface area is 218 Å². The zero-order valence-electron chi connectivity index (χ0n) is 21.8. The molecule has 8 heteroatoms. The van der Waals surface area contributed by atoms with E-state index in [0.717, 1.165) is 44.0 Å². The van der Waals surface area contributed by atoms with E-state index < -0.39 is 23.8 Å². The second kappa shape index (κ2) is 13.2. The third-order valence-corrected chi connectivity index (χ3v) is 6.74. The molecule has 0 saturated heterocycles. The van der Waals surface area contributed by atoms with Gasteiger partial charge in [-0.15, -0.1) is 0 Å². The fourth-order valence-corrected chi connectivity index (χ4v) is 4.90. The number of carbonyl (C=O) groups excluding carboxylic acids is 1. The number of benzene rings is 2. The molecule has 7 nitrogen and oxygen atoms in total. The summed E-state index contributed by atoms with van der Waals surface area (Å²) in [5.41, 5.74) is 2.56. The Morgan fingerprint density at radius 1 is 1.19 bits per heavy atom. The maximum absolute atomic E-state index is 14.4. The molecule has 2 aromatic rings. The Kier molecular flexibility index (Phi) is 10.0. The number of aliphatic carboxylic acids is 1. The number of carboxylic acid groups (broad SMARTS) is 1. The summed E-state index contributed by atoms with van der Waals surface area (Å²) in [5, 5.41) is 21.4. The Hall–Kier alpha value is -3.44. The van der Waals surface area contributed by atoms with E-state index >= 15 is 0 Å². The number of ether oxygens (including phenoxy) is 1. The first kappa shape index (κ1) is 28.1. The lowest BCUT2D eigenvalue weighted by atomic mass is 9.92. The molecule has 1 fully saturated rings. The molecule has 2 N–H and O–H groups in total. The van der Waals surface area contributed by atoms with Crippen molar-refractivity contribution in [2.45, 2.75) is 70.9 Å². The molecule has 0 spiro atoms. The second-order valence-electron chi connectivity index (χ2n) is 10.1. The number of rotatable bonds is 11. The van der Waals surface area contributed by atoms with E-state index in [1.54, 1.807) is 6.07 Å². The fraction of sp³-hybridized carbons (Fsp3) is 0.483. The smallest absolute Gasteiger partial charge is 0.333 e. The van der Waals surface area contributed by atoms with Crippen LogP contribution in [-0.4, -0.2) is 42.8 Å². The molecule has 37 heavy (non-hydrogen) atoms. The van der Waals surface area contributed by atoms with Crippen molar-refractivity contribution in [2.24, 2.45) is 5.92 Å². The van der Waals surface area contributed by atoms with Gasteiger partial charge in [0, 0.05) is 26.1 Å². The van der Waals surface area contributed by atoms with Crippen LogP contribution in [0.2, 0.25) is 0 Å². The highest BCUT2D eigenvalue weighted by atomic mass is 19.1. The van der Waals surface area contributed by atoms with E-state index in [1.165, 1.54) is 25.7 Å². The van der Waals surface area contributed by atoms with Gasteiger partial charge in [-0.25, -0.2) is 9.18 Å². The molecule has 0 aliphatic heterocycles.